The van der Waals surface area contributed by atoms with Crippen LogP contribution in [0, 0.1) is 28.9 Å². The predicted octanol–water partition coefficient (Wildman–Crippen LogP) is 6.82. The zero-order chi connectivity index (χ0) is 62.9. The zero-order valence-electron chi connectivity index (χ0n) is 49.4. The van der Waals surface area contributed by atoms with Gasteiger partial charge in [-0.25, -0.2) is 41.0 Å². The lowest BCUT2D eigenvalue weighted by Gasteiger charge is -2.44. The number of hydrogen-bond donors (Lipinski definition) is 5. The van der Waals surface area contributed by atoms with Gasteiger partial charge >= 0.3 is 18.2 Å². The summed E-state index contributed by atoms with van der Waals surface area (Å²) in [6.07, 6.45) is 3.97. The Hall–Kier alpha value is -8.13. The van der Waals surface area contributed by atoms with Gasteiger partial charge in [0.2, 0.25) is 21.8 Å². The summed E-state index contributed by atoms with van der Waals surface area (Å²) in [4.78, 5) is 112. The lowest BCUT2D eigenvalue weighted by molar-refractivity contribution is -0.137. The first kappa shape index (κ1) is 67.0. The van der Waals surface area contributed by atoms with E-state index in [2.05, 4.69) is 21.3 Å². The average Bonchev–Trinajstić information content (AvgIpc) is 1.63. The van der Waals surface area contributed by atoms with E-state index in [-0.39, 0.29) is 118 Å². The van der Waals surface area contributed by atoms with Crippen molar-refractivity contribution in [1.29, 1.82) is 0 Å². The van der Waals surface area contributed by atoms with Crippen molar-refractivity contribution in [1.82, 2.24) is 44.5 Å². The number of halogens is 3. The fourth-order valence-corrected chi connectivity index (χ4v) is 11.0. The third-order valence-electron chi connectivity index (χ3n) is 14.6. The molecule has 1 aromatic heterocycles. The second kappa shape index (κ2) is 30.8. The number of primary amides is 1. The number of ether oxygens (including phenoxy) is 1. The van der Waals surface area contributed by atoms with Crippen LogP contribution in [0.1, 0.15) is 103 Å². The number of carbonyl (C=O) groups excluding carboxylic acids is 8. The van der Waals surface area contributed by atoms with Crippen molar-refractivity contribution in [2.45, 2.75) is 111 Å². The monoisotopic (exact) mass is 1220 g/mol. The molecule has 0 spiro atoms. The number of carbonyl (C=O) groups is 8. The summed E-state index contributed by atoms with van der Waals surface area (Å²) in [5.41, 5.74) is 5.87. The Morgan fingerprint density at radius 2 is 1.52 bits per heavy atom. The molecule has 2 aliphatic heterocycles. The van der Waals surface area contributed by atoms with E-state index in [1.807, 2.05) is 51.1 Å². The topological polar surface area (TPSA) is 285 Å². The molecule has 0 radical (unpaired) electrons. The number of imide groups is 1. The van der Waals surface area contributed by atoms with Crippen LogP contribution in [-0.4, -0.2) is 155 Å². The van der Waals surface area contributed by atoms with Gasteiger partial charge in [0, 0.05) is 94.2 Å². The van der Waals surface area contributed by atoms with Crippen molar-refractivity contribution in [3.05, 3.63) is 120 Å². The molecule has 2 aliphatic rings. The number of nitrogens with zero attached hydrogens (tertiary/aromatic N) is 6. The number of anilines is 1. The number of hydrogen-bond acceptors (Lipinski definition) is 12. The number of imidazole rings is 1. The molecule has 0 aliphatic carbocycles. The van der Waals surface area contributed by atoms with E-state index in [0.717, 1.165) is 34.9 Å². The van der Waals surface area contributed by atoms with Crippen LogP contribution in [-0.2, 0) is 51.9 Å². The Morgan fingerprint density at radius 3 is 2.15 bits per heavy atom. The van der Waals surface area contributed by atoms with Gasteiger partial charge < -0.3 is 46.1 Å². The summed E-state index contributed by atoms with van der Waals surface area (Å²) in [6.45, 7) is 7.95. The Kier molecular flexibility index (Phi) is 24.0. The molecule has 466 valence electrons. The molecule has 1 saturated heterocycles. The lowest BCUT2D eigenvalue weighted by Crippen LogP contribution is -2.57. The number of urea groups is 2. The van der Waals surface area contributed by atoms with Gasteiger partial charge in [-0.05, 0) is 78.5 Å². The summed E-state index contributed by atoms with van der Waals surface area (Å²) in [6, 6.07) is 15.1. The van der Waals surface area contributed by atoms with E-state index in [1.54, 1.807) is 48.9 Å². The van der Waals surface area contributed by atoms with Crippen LogP contribution in [0.5, 0.6) is 0 Å². The van der Waals surface area contributed by atoms with Crippen LogP contribution in [0.4, 0.5) is 33.2 Å². The van der Waals surface area contributed by atoms with Gasteiger partial charge in [-0.2, -0.15) is 4.31 Å². The first-order valence-electron chi connectivity index (χ1n) is 28.6. The molecule has 3 heterocycles. The summed E-state index contributed by atoms with van der Waals surface area (Å²) >= 11 is 0. The number of aromatic nitrogens is 2. The Bertz CT molecular complexity index is 3170. The van der Waals surface area contributed by atoms with Gasteiger partial charge in [0.05, 0.1) is 37.1 Å². The third kappa shape index (κ3) is 19.7. The van der Waals surface area contributed by atoms with E-state index < -0.39 is 88.4 Å². The minimum atomic E-state index is -3.59. The highest BCUT2D eigenvalue weighted by molar-refractivity contribution is 7.88. The Morgan fingerprint density at radius 1 is 0.849 bits per heavy atom. The average molecular weight is 1220 g/mol. The van der Waals surface area contributed by atoms with Crippen molar-refractivity contribution < 1.29 is 64.7 Å². The number of sulfonamides is 1. The van der Waals surface area contributed by atoms with E-state index in [0.29, 0.717) is 36.9 Å². The number of unbranched alkanes of at least 4 members (excludes halogenated alkanes) is 2. The molecule has 22 nitrogen and oxygen atoms in total. The molecule has 0 saturated carbocycles. The van der Waals surface area contributed by atoms with Gasteiger partial charge in [-0.1, -0.05) is 83.5 Å². The van der Waals surface area contributed by atoms with Gasteiger partial charge in [-0.3, -0.25) is 28.9 Å². The molecular formula is C60H78F3N11O11S. The SMILES string of the molecule is CC(C)[C@H](NC(=O)CCCCCN1C(=O)C=CC1=O)C(=O)C[C@@H](CCCNC(N)=O)C(=O)Nc1ccc(COC(=O)NC[C@H](F)CN(C(=O)N2CCN(S(C)(=O)=O)CC2)[C@@H](c2nc(-c3cc(F)ccc3F)cn2Cc2ccccc2)C(C)(C)C)cc1. The van der Waals surface area contributed by atoms with Gasteiger partial charge in [0.1, 0.15) is 30.2 Å². The number of alkyl halides is 1. The molecule has 4 aromatic rings. The molecule has 26 heteroatoms. The van der Waals surface area contributed by atoms with Crippen LogP contribution in [0.25, 0.3) is 11.3 Å². The van der Waals surface area contributed by atoms with Crippen molar-refractivity contribution in [2.24, 2.45) is 23.0 Å². The third-order valence-corrected chi connectivity index (χ3v) is 15.9. The maximum absolute atomic E-state index is 16.6. The van der Waals surface area contributed by atoms with Gasteiger partial charge in [0.25, 0.3) is 11.8 Å². The number of rotatable bonds is 29. The van der Waals surface area contributed by atoms with Crippen LogP contribution in [0.3, 0.4) is 0 Å². The molecule has 0 bridgehead atoms. The number of benzene rings is 3. The second-order valence-corrected chi connectivity index (χ2v) is 24.9. The van der Waals surface area contributed by atoms with Crippen molar-refractivity contribution in [3.63, 3.8) is 0 Å². The molecule has 0 unspecified atom stereocenters. The van der Waals surface area contributed by atoms with Gasteiger partial charge in [-0.15, -0.1) is 0 Å². The number of piperazine rings is 1. The number of ketones is 1. The molecule has 1 fully saturated rings. The predicted molar refractivity (Wildman–Crippen MR) is 315 cm³/mol. The van der Waals surface area contributed by atoms with Crippen molar-refractivity contribution in [3.8, 4) is 11.3 Å². The highest BCUT2D eigenvalue weighted by Crippen LogP contribution is 2.40. The number of amides is 9. The summed E-state index contributed by atoms with van der Waals surface area (Å²) < 4.78 is 79.9. The normalized spacial score (nSPS) is 15.2. The minimum Gasteiger partial charge on any atom is -0.445 e. The van der Waals surface area contributed by atoms with E-state index >= 15 is 8.78 Å². The Balaban J connectivity index is 1.09. The first-order valence-corrected chi connectivity index (χ1v) is 30.4. The zero-order valence-corrected chi connectivity index (χ0v) is 50.2. The molecular weight excluding hydrogens is 1140 g/mol. The number of Topliss-reactive ketones (excluding diaryl/α,β-unsaturated/α-hetero) is 1. The highest BCUT2D eigenvalue weighted by Gasteiger charge is 2.42. The van der Waals surface area contributed by atoms with E-state index in [4.69, 9.17) is 15.5 Å². The fraction of sp³-hybridized carbons (Fsp3) is 0.483. The molecule has 6 rings (SSSR count). The largest absolute Gasteiger partial charge is 0.445 e. The molecule has 4 atom stereocenters. The lowest BCUT2D eigenvalue weighted by atomic mass is 9.84. The standard InChI is InChI=1S/C60H78F3N11O11S/c1-39(2)53(69-50(76)17-11-8-12-27-73-51(77)24-25-52(73)78)49(75)32-42(16-13-26-65-57(64)80)56(79)67-45-21-18-41(19-22-45)38-85-58(81)66-34-44(62)36-74(59(82)70-28-30-72(31-29-70)86(6,83)84)54(60(3,4)5)55-68-48(46-33-43(61)20-23-47(46)63)37-71(55)35-40-14-9-7-10-15-40/h7,9-10,14-15,18-25,33,37,39,42,44,53-54H,8,11-13,16-17,26-32,34-36,38H2,1-6H3,(H,66,81)(H,67,79)(H,69,76)(H3,64,65,80)/t42-,44+,53+,54+/m1/s1. The second-order valence-electron chi connectivity index (χ2n) is 22.9. The maximum Gasteiger partial charge on any atom is 0.407 e. The van der Waals surface area contributed by atoms with Crippen LogP contribution >= 0.6 is 0 Å². The van der Waals surface area contributed by atoms with Gasteiger partial charge in [0.15, 0.2) is 5.78 Å². The van der Waals surface area contributed by atoms with Crippen molar-refractivity contribution >= 4 is 63.3 Å². The molecule has 86 heavy (non-hydrogen) atoms. The summed E-state index contributed by atoms with van der Waals surface area (Å²) in [7, 11) is -3.59. The quantitative estimate of drug-likeness (QED) is 0.0277. The smallest absolute Gasteiger partial charge is 0.407 e. The minimum absolute atomic E-state index is 0.0152. The highest BCUT2D eigenvalue weighted by atomic mass is 32.2. The number of nitrogens with two attached hydrogens (primary N) is 1. The van der Waals surface area contributed by atoms with E-state index in [1.165, 1.54) is 26.3 Å². The first-order chi connectivity index (χ1) is 40.7. The molecule has 9 amide bonds. The number of alkyl carbamates (subject to hydrolysis) is 1. The Labute approximate surface area is 499 Å². The maximum atomic E-state index is 16.6. The molecule has 3 aromatic carbocycles. The van der Waals surface area contributed by atoms with Crippen LogP contribution < -0.4 is 27.0 Å². The number of nitrogens with one attached hydrogen (secondary N) is 4. The molecule has 6 N–H and O–H groups in total. The van der Waals surface area contributed by atoms with Crippen molar-refractivity contribution in [2.75, 3.05) is 63.9 Å². The summed E-state index contributed by atoms with van der Waals surface area (Å²) in [5.74, 6) is -4.44. The van der Waals surface area contributed by atoms with Crippen LogP contribution in [0.2, 0.25) is 0 Å². The van der Waals surface area contributed by atoms with E-state index in [9.17, 15) is 51.2 Å². The summed E-state index contributed by atoms with van der Waals surface area (Å²) in [5, 5.41) is 10.5. The van der Waals surface area contributed by atoms with Crippen LogP contribution in [0.15, 0.2) is 91.1 Å². The fourth-order valence-electron chi connectivity index (χ4n) is 10.2.